The Morgan fingerprint density at radius 3 is 2.36 bits per heavy atom. The largest absolute Gasteiger partial charge is 0.497 e. The average Bonchev–Trinajstić information content (AvgIpc) is 2.99. The highest BCUT2D eigenvalue weighted by atomic mass is 16.6. The molecule has 0 fully saturated rings. The van der Waals surface area contributed by atoms with Gasteiger partial charge in [-0.2, -0.15) is 0 Å². The Balaban J connectivity index is 2.00. The fourth-order valence-electron chi connectivity index (χ4n) is 2.64. The number of ether oxygens (including phenoxy) is 3. The van der Waals surface area contributed by atoms with Gasteiger partial charge in [-0.25, -0.2) is 14.6 Å². The molecule has 0 saturated heterocycles. The summed E-state index contributed by atoms with van der Waals surface area (Å²) in [5, 5.41) is 0. The molecule has 0 saturated carbocycles. The van der Waals surface area contributed by atoms with E-state index in [4.69, 9.17) is 14.2 Å². The summed E-state index contributed by atoms with van der Waals surface area (Å²) in [7, 11) is 2.79. The van der Waals surface area contributed by atoms with Crippen molar-refractivity contribution in [1.82, 2.24) is 0 Å². The van der Waals surface area contributed by atoms with Crippen LogP contribution in [0.5, 0.6) is 5.75 Å². The summed E-state index contributed by atoms with van der Waals surface area (Å²) in [6.45, 7) is 0. The molecule has 6 heteroatoms. The van der Waals surface area contributed by atoms with Gasteiger partial charge in [0.2, 0.25) is 5.90 Å². The normalized spacial score (nSPS) is 19.1. The van der Waals surface area contributed by atoms with Crippen LogP contribution in [0.2, 0.25) is 0 Å². The van der Waals surface area contributed by atoms with Gasteiger partial charge in [0.1, 0.15) is 5.75 Å². The molecule has 0 aromatic heterocycles. The number of hydrogen-bond acceptors (Lipinski definition) is 6. The number of nitrogens with zero attached hydrogens (tertiary/aromatic N) is 1. The van der Waals surface area contributed by atoms with Crippen LogP contribution < -0.4 is 4.74 Å². The van der Waals surface area contributed by atoms with Crippen LogP contribution in [0.25, 0.3) is 0 Å². The molecule has 128 valence electrons. The molecule has 1 atom stereocenters. The third kappa shape index (κ3) is 3.10. The van der Waals surface area contributed by atoms with E-state index in [1.54, 1.807) is 31.4 Å². The van der Waals surface area contributed by atoms with Crippen LogP contribution in [-0.4, -0.2) is 37.6 Å². The monoisotopic (exact) mass is 339 g/mol. The molecule has 0 aliphatic carbocycles. The van der Waals surface area contributed by atoms with E-state index in [2.05, 4.69) is 4.99 Å². The molecule has 0 unspecified atom stereocenters. The van der Waals surface area contributed by atoms with E-state index in [0.29, 0.717) is 11.3 Å². The molecule has 2 aromatic carbocycles. The quantitative estimate of drug-likeness (QED) is 0.616. The number of carbonyl (C=O) groups is 2. The number of benzene rings is 2. The van der Waals surface area contributed by atoms with Crippen molar-refractivity contribution >= 4 is 17.8 Å². The fraction of sp³-hybridized carbons (Fsp3) is 0.211. The molecule has 25 heavy (non-hydrogen) atoms. The first-order valence-corrected chi connectivity index (χ1v) is 7.68. The van der Waals surface area contributed by atoms with Crippen molar-refractivity contribution in [3.63, 3.8) is 0 Å². The predicted molar refractivity (Wildman–Crippen MR) is 90.5 cm³/mol. The van der Waals surface area contributed by atoms with E-state index in [9.17, 15) is 9.59 Å². The molecule has 1 heterocycles. The Labute approximate surface area is 145 Å². The topological polar surface area (TPSA) is 74.2 Å². The van der Waals surface area contributed by atoms with E-state index in [-0.39, 0.29) is 12.3 Å². The molecule has 6 nitrogen and oxygen atoms in total. The number of hydrogen-bond donors (Lipinski definition) is 0. The molecule has 0 amide bonds. The Kier molecular flexibility index (Phi) is 4.52. The number of aliphatic imine (C=N–C) groups is 1. The fourth-order valence-corrected chi connectivity index (χ4v) is 2.64. The van der Waals surface area contributed by atoms with E-state index in [1.807, 2.05) is 30.3 Å². The van der Waals surface area contributed by atoms with Gasteiger partial charge in [-0.1, -0.05) is 30.3 Å². The lowest BCUT2D eigenvalue weighted by Crippen LogP contribution is -2.45. The zero-order chi connectivity index (χ0) is 17.9. The number of cyclic esters (lactones) is 1. The van der Waals surface area contributed by atoms with Gasteiger partial charge in [-0.05, 0) is 29.8 Å². The van der Waals surface area contributed by atoms with Gasteiger partial charge >= 0.3 is 11.9 Å². The van der Waals surface area contributed by atoms with Gasteiger partial charge in [0, 0.05) is 12.0 Å². The summed E-state index contributed by atoms with van der Waals surface area (Å²) >= 11 is 0. The molecule has 0 bridgehead atoms. The van der Waals surface area contributed by atoms with Crippen LogP contribution in [0.1, 0.15) is 11.1 Å². The van der Waals surface area contributed by atoms with Gasteiger partial charge < -0.3 is 14.2 Å². The summed E-state index contributed by atoms with van der Waals surface area (Å²) in [6, 6.07) is 16.0. The van der Waals surface area contributed by atoms with Crippen molar-refractivity contribution in [1.29, 1.82) is 0 Å². The summed E-state index contributed by atoms with van der Waals surface area (Å²) in [6.07, 6.45) is 0.0685. The maximum absolute atomic E-state index is 12.5. The van der Waals surface area contributed by atoms with Crippen LogP contribution >= 0.6 is 0 Å². The van der Waals surface area contributed by atoms with Crippen LogP contribution in [0.3, 0.4) is 0 Å². The standard InChI is InChI=1S/C19H17NO5/c1-23-15-10-8-14(9-11-15)16-20-19(17(21)24-2,18(22)25-16)12-13-6-4-3-5-7-13/h3-11H,12H2,1-2H3/t19-/m0/s1. The van der Waals surface area contributed by atoms with Gasteiger partial charge in [-0.15, -0.1) is 0 Å². The Morgan fingerprint density at radius 2 is 1.76 bits per heavy atom. The van der Waals surface area contributed by atoms with Crippen LogP contribution in [-0.2, 0) is 25.5 Å². The lowest BCUT2D eigenvalue weighted by Gasteiger charge is -2.18. The first kappa shape index (κ1) is 16.7. The maximum atomic E-state index is 12.5. The smallest absolute Gasteiger partial charge is 0.353 e. The highest BCUT2D eigenvalue weighted by Crippen LogP contribution is 2.29. The minimum Gasteiger partial charge on any atom is -0.497 e. The number of carbonyl (C=O) groups excluding carboxylic acids is 2. The third-order valence-electron chi connectivity index (χ3n) is 3.98. The molecule has 2 aromatic rings. The van der Waals surface area contributed by atoms with Crippen LogP contribution in [0.15, 0.2) is 59.6 Å². The van der Waals surface area contributed by atoms with Crippen LogP contribution in [0, 0.1) is 0 Å². The van der Waals surface area contributed by atoms with Gasteiger partial charge in [-0.3, -0.25) is 0 Å². The average molecular weight is 339 g/mol. The minimum absolute atomic E-state index is 0.0685. The van der Waals surface area contributed by atoms with E-state index < -0.39 is 17.5 Å². The second-order valence-corrected chi connectivity index (χ2v) is 5.55. The van der Waals surface area contributed by atoms with E-state index >= 15 is 0 Å². The van der Waals surface area contributed by atoms with Crippen molar-refractivity contribution < 1.29 is 23.8 Å². The molecular weight excluding hydrogens is 322 g/mol. The maximum Gasteiger partial charge on any atom is 0.353 e. The zero-order valence-corrected chi connectivity index (χ0v) is 13.9. The first-order valence-electron chi connectivity index (χ1n) is 7.68. The summed E-state index contributed by atoms with van der Waals surface area (Å²) in [5.41, 5.74) is -0.372. The van der Waals surface area contributed by atoms with Crippen molar-refractivity contribution in [2.75, 3.05) is 14.2 Å². The first-order chi connectivity index (χ1) is 12.1. The number of methoxy groups -OCH3 is 2. The second-order valence-electron chi connectivity index (χ2n) is 5.55. The van der Waals surface area contributed by atoms with Crippen molar-refractivity contribution in [3.8, 4) is 5.75 Å². The molecule has 1 aliphatic heterocycles. The summed E-state index contributed by atoms with van der Waals surface area (Å²) in [5.74, 6) is -0.731. The molecule has 0 radical (unpaired) electrons. The second kappa shape index (κ2) is 6.76. The highest BCUT2D eigenvalue weighted by Gasteiger charge is 2.54. The lowest BCUT2D eigenvalue weighted by atomic mass is 9.92. The van der Waals surface area contributed by atoms with Gasteiger partial charge in [0.05, 0.1) is 14.2 Å². The van der Waals surface area contributed by atoms with Crippen LogP contribution in [0.4, 0.5) is 0 Å². The summed E-state index contributed by atoms with van der Waals surface area (Å²) < 4.78 is 15.2. The molecule has 3 rings (SSSR count). The Morgan fingerprint density at radius 1 is 1.08 bits per heavy atom. The van der Waals surface area contributed by atoms with Crippen molar-refractivity contribution in [2.24, 2.45) is 4.99 Å². The molecule has 1 aliphatic rings. The third-order valence-corrected chi connectivity index (χ3v) is 3.98. The molecule has 0 spiro atoms. The highest BCUT2D eigenvalue weighted by molar-refractivity contribution is 6.17. The number of esters is 2. The zero-order valence-electron chi connectivity index (χ0n) is 13.9. The van der Waals surface area contributed by atoms with Gasteiger partial charge in [0.15, 0.2) is 0 Å². The molecular formula is C19H17NO5. The van der Waals surface area contributed by atoms with Crippen molar-refractivity contribution in [3.05, 3.63) is 65.7 Å². The van der Waals surface area contributed by atoms with E-state index in [0.717, 1.165) is 5.56 Å². The Bertz CT molecular complexity index is 813. The molecule has 0 N–H and O–H groups in total. The number of rotatable bonds is 5. The lowest BCUT2D eigenvalue weighted by molar-refractivity contribution is -0.155. The van der Waals surface area contributed by atoms with Crippen molar-refractivity contribution in [2.45, 2.75) is 12.0 Å². The SMILES string of the molecule is COC(=O)[C@]1(Cc2ccccc2)N=C(c2ccc(OC)cc2)OC1=O. The minimum atomic E-state index is -1.73. The predicted octanol–water partition coefficient (Wildman–Crippen LogP) is 2.15. The van der Waals surface area contributed by atoms with Gasteiger partial charge in [0.25, 0.3) is 5.54 Å². The van der Waals surface area contributed by atoms with E-state index in [1.165, 1.54) is 7.11 Å². The summed E-state index contributed by atoms with van der Waals surface area (Å²) in [4.78, 5) is 29.2. The Hall–Kier alpha value is -3.15.